The Bertz CT molecular complexity index is 665. The summed E-state index contributed by atoms with van der Waals surface area (Å²) in [7, 11) is 0. The highest BCUT2D eigenvalue weighted by molar-refractivity contribution is 5.85. The van der Waals surface area contributed by atoms with Gasteiger partial charge in [-0.3, -0.25) is 0 Å². The minimum absolute atomic E-state index is 0. The van der Waals surface area contributed by atoms with Gasteiger partial charge in [0.25, 0.3) is 0 Å². The Kier molecular flexibility index (Phi) is 5.05. The average molecular weight is 342 g/mol. The SMILES string of the molecule is Cl.O=C1N[C@H](c2ccc(Oc3ccccc3)cc2)C(F)(F)CO1. The first-order valence-electron chi connectivity index (χ1n) is 6.68. The number of ether oxygens (including phenoxy) is 2. The Morgan fingerprint density at radius 3 is 2.30 bits per heavy atom. The first-order valence-corrected chi connectivity index (χ1v) is 6.68. The van der Waals surface area contributed by atoms with Crippen molar-refractivity contribution in [3.63, 3.8) is 0 Å². The maximum Gasteiger partial charge on any atom is 0.408 e. The van der Waals surface area contributed by atoms with Crippen LogP contribution in [0.2, 0.25) is 0 Å². The molecule has 0 bridgehead atoms. The van der Waals surface area contributed by atoms with Crippen molar-refractivity contribution in [1.29, 1.82) is 0 Å². The third-order valence-electron chi connectivity index (χ3n) is 3.27. The van der Waals surface area contributed by atoms with Gasteiger partial charge in [-0.05, 0) is 29.8 Å². The lowest BCUT2D eigenvalue weighted by molar-refractivity contribution is -0.104. The van der Waals surface area contributed by atoms with Crippen LogP contribution in [0.4, 0.5) is 13.6 Å². The highest BCUT2D eigenvalue weighted by Gasteiger charge is 2.46. The van der Waals surface area contributed by atoms with Crippen LogP contribution in [0.5, 0.6) is 11.5 Å². The molecule has 1 saturated heterocycles. The molecule has 0 unspecified atom stereocenters. The van der Waals surface area contributed by atoms with Crippen LogP contribution in [0.1, 0.15) is 11.6 Å². The molecular formula is C16H14ClF2NO3. The summed E-state index contributed by atoms with van der Waals surface area (Å²) >= 11 is 0. The number of benzene rings is 2. The van der Waals surface area contributed by atoms with E-state index in [0.717, 1.165) is 0 Å². The van der Waals surface area contributed by atoms with Crippen LogP contribution in [0.25, 0.3) is 0 Å². The molecule has 1 fully saturated rings. The molecule has 1 aliphatic heterocycles. The number of rotatable bonds is 3. The Morgan fingerprint density at radius 2 is 1.65 bits per heavy atom. The fourth-order valence-corrected chi connectivity index (χ4v) is 2.19. The highest BCUT2D eigenvalue weighted by atomic mass is 35.5. The van der Waals surface area contributed by atoms with E-state index in [2.05, 4.69) is 10.1 Å². The van der Waals surface area contributed by atoms with Crippen LogP contribution in [0, 0.1) is 0 Å². The number of alkyl halides is 2. The monoisotopic (exact) mass is 341 g/mol. The predicted octanol–water partition coefficient (Wildman–Crippen LogP) is 4.32. The van der Waals surface area contributed by atoms with Crippen molar-refractivity contribution in [3.05, 3.63) is 60.2 Å². The minimum Gasteiger partial charge on any atom is -0.457 e. The molecule has 0 aliphatic carbocycles. The molecule has 1 heterocycles. The van der Waals surface area contributed by atoms with Gasteiger partial charge in [0.15, 0.2) is 6.61 Å². The van der Waals surface area contributed by atoms with Gasteiger partial charge in [-0.15, -0.1) is 12.4 Å². The summed E-state index contributed by atoms with van der Waals surface area (Å²) < 4.78 is 37.5. The molecule has 1 amide bonds. The number of amides is 1. The molecule has 0 radical (unpaired) electrons. The number of nitrogens with one attached hydrogen (secondary N) is 1. The number of cyclic esters (lactones) is 1. The number of halogens is 3. The Hall–Kier alpha value is -2.34. The van der Waals surface area contributed by atoms with Gasteiger partial charge in [0.05, 0.1) is 0 Å². The van der Waals surface area contributed by atoms with Crippen molar-refractivity contribution in [1.82, 2.24) is 5.32 Å². The minimum atomic E-state index is -3.16. The summed E-state index contributed by atoms with van der Waals surface area (Å²) in [5.41, 5.74) is 0.294. The zero-order chi connectivity index (χ0) is 15.6. The quantitative estimate of drug-likeness (QED) is 0.904. The molecule has 0 aromatic heterocycles. The van der Waals surface area contributed by atoms with Gasteiger partial charge >= 0.3 is 12.0 Å². The molecule has 2 aromatic carbocycles. The maximum absolute atomic E-state index is 13.8. The summed E-state index contributed by atoms with van der Waals surface area (Å²) in [5, 5.41) is 2.14. The standard InChI is InChI=1S/C16H13F2NO3.ClH/c17-16(18)10-21-15(20)19-14(16)11-6-8-13(9-7-11)22-12-4-2-1-3-5-12;/h1-9,14H,10H2,(H,19,20);1H/t14-;/m1./s1. The zero-order valence-corrected chi connectivity index (χ0v) is 12.7. The number of hydrogen-bond donors (Lipinski definition) is 1. The van der Waals surface area contributed by atoms with Crippen molar-refractivity contribution in [3.8, 4) is 11.5 Å². The topological polar surface area (TPSA) is 47.6 Å². The van der Waals surface area contributed by atoms with E-state index in [1.807, 2.05) is 18.2 Å². The zero-order valence-electron chi connectivity index (χ0n) is 11.9. The van der Waals surface area contributed by atoms with Crippen LogP contribution in [0.3, 0.4) is 0 Å². The molecular weight excluding hydrogens is 328 g/mol. The first-order chi connectivity index (χ1) is 10.5. The van der Waals surface area contributed by atoms with E-state index in [4.69, 9.17) is 4.74 Å². The van der Waals surface area contributed by atoms with Crippen LogP contribution in [-0.2, 0) is 4.74 Å². The molecule has 0 spiro atoms. The lowest BCUT2D eigenvalue weighted by atomic mass is 10.00. The fraction of sp³-hybridized carbons (Fsp3) is 0.188. The molecule has 2 aromatic rings. The Balaban J connectivity index is 0.00000192. The Morgan fingerprint density at radius 1 is 1.04 bits per heavy atom. The second-order valence-corrected chi connectivity index (χ2v) is 4.90. The maximum atomic E-state index is 13.8. The van der Waals surface area contributed by atoms with E-state index in [9.17, 15) is 13.6 Å². The largest absolute Gasteiger partial charge is 0.457 e. The fourth-order valence-electron chi connectivity index (χ4n) is 2.19. The lowest BCUT2D eigenvalue weighted by Gasteiger charge is -2.31. The summed E-state index contributed by atoms with van der Waals surface area (Å²) in [6, 6.07) is 13.9. The molecule has 1 N–H and O–H groups in total. The van der Waals surface area contributed by atoms with Crippen LogP contribution >= 0.6 is 12.4 Å². The second kappa shape index (κ2) is 6.83. The molecule has 3 rings (SSSR count). The lowest BCUT2D eigenvalue weighted by Crippen LogP contribution is -2.49. The van der Waals surface area contributed by atoms with Crippen LogP contribution < -0.4 is 10.1 Å². The van der Waals surface area contributed by atoms with E-state index < -0.39 is 24.7 Å². The van der Waals surface area contributed by atoms with Crippen molar-refractivity contribution < 1.29 is 23.0 Å². The number of alkyl carbamates (subject to hydrolysis) is 1. The number of hydrogen-bond acceptors (Lipinski definition) is 3. The van der Waals surface area contributed by atoms with Crippen LogP contribution in [-0.4, -0.2) is 18.6 Å². The first kappa shape index (κ1) is 17.0. The van der Waals surface area contributed by atoms with E-state index in [1.54, 1.807) is 24.3 Å². The smallest absolute Gasteiger partial charge is 0.408 e. The molecule has 4 nitrogen and oxygen atoms in total. The normalized spacial score (nSPS) is 19.0. The summed E-state index contributed by atoms with van der Waals surface area (Å²) in [5.74, 6) is -1.98. The van der Waals surface area contributed by atoms with Gasteiger partial charge < -0.3 is 14.8 Å². The van der Waals surface area contributed by atoms with Crippen molar-refractivity contribution in [2.24, 2.45) is 0 Å². The van der Waals surface area contributed by atoms with Gasteiger partial charge in [0.2, 0.25) is 0 Å². The second-order valence-electron chi connectivity index (χ2n) is 4.90. The van der Waals surface area contributed by atoms with Gasteiger partial charge in [0, 0.05) is 0 Å². The predicted molar refractivity (Wildman–Crippen MR) is 82.4 cm³/mol. The van der Waals surface area contributed by atoms with Crippen LogP contribution in [0.15, 0.2) is 54.6 Å². The van der Waals surface area contributed by atoms with Gasteiger partial charge in [-0.2, -0.15) is 0 Å². The number of carbonyl (C=O) groups excluding carboxylic acids is 1. The van der Waals surface area contributed by atoms with E-state index >= 15 is 0 Å². The molecule has 1 aliphatic rings. The molecule has 122 valence electrons. The van der Waals surface area contributed by atoms with E-state index in [-0.39, 0.29) is 12.4 Å². The molecule has 23 heavy (non-hydrogen) atoms. The number of carbonyl (C=O) groups is 1. The third-order valence-corrected chi connectivity index (χ3v) is 3.27. The summed E-state index contributed by atoms with van der Waals surface area (Å²) in [6.07, 6.45) is -0.847. The van der Waals surface area contributed by atoms with E-state index in [1.165, 1.54) is 12.1 Å². The third kappa shape index (κ3) is 3.90. The van der Waals surface area contributed by atoms with Crippen molar-refractivity contribution in [2.75, 3.05) is 6.61 Å². The van der Waals surface area contributed by atoms with Gasteiger partial charge in [-0.25, -0.2) is 13.6 Å². The van der Waals surface area contributed by atoms with E-state index in [0.29, 0.717) is 17.1 Å². The number of para-hydroxylation sites is 1. The van der Waals surface area contributed by atoms with Gasteiger partial charge in [-0.1, -0.05) is 30.3 Å². The van der Waals surface area contributed by atoms with Crippen molar-refractivity contribution >= 4 is 18.5 Å². The molecule has 0 saturated carbocycles. The van der Waals surface area contributed by atoms with Crippen molar-refractivity contribution in [2.45, 2.75) is 12.0 Å². The summed E-state index contributed by atoms with van der Waals surface area (Å²) in [6.45, 7) is -0.925. The summed E-state index contributed by atoms with van der Waals surface area (Å²) in [4.78, 5) is 11.2. The molecule has 1 atom stereocenters. The Labute approximate surface area is 137 Å². The molecule has 7 heteroatoms. The average Bonchev–Trinajstić information content (AvgIpc) is 2.52. The highest BCUT2D eigenvalue weighted by Crippen LogP contribution is 2.35. The van der Waals surface area contributed by atoms with Gasteiger partial charge in [0.1, 0.15) is 17.5 Å².